The highest BCUT2D eigenvalue weighted by Gasteiger charge is 2.20. The minimum Gasteiger partial charge on any atom is -0.367 e. The van der Waals surface area contributed by atoms with Gasteiger partial charge in [0.15, 0.2) is 0 Å². The first kappa shape index (κ1) is 15.2. The van der Waals surface area contributed by atoms with E-state index in [9.17, 15) is 8.78 Å². The van der Waals surface area contributed by atoms with Gasteiger partial charge in [-0.3, -0.25) is 0 Å². The van der Waals surface area contributed by atoms with E-state index >= 15 is 0 Å². The van der Waals surface area contributed by atoms with Crippen LogP contribution in [0.1, 0.15) is 45.6 Å². The van der Waals surface area contributed by atoms with Gasteiger partial charge in [0.25, 0.3) is 0 Å². The van der Waals surface area contributed by atoms with Gasteiger partial charge in [-0.25, -0.2) is 8.78 Å². The summed E-state index contributed by atoms with van der Waals surface area (Å²) in [7, 11) is 0. The maximum atomic E-state index is 14.2. The molecule has 1 fully saturated rings. The second-order valence-corrected chi connectivity index (χ2v) is 6.56. The average molecular weight is 282 g/mol. The number of hydrogen-bond acceptors (Lipinski definition) is 2. The van der Waals surface area contributed by atoms with Crippen molar-refractivity contribution in [1.29, 1.82) is 0 Å². The van der Waals surface area contributed by atoms with Crippen LogP contribution >= 0.6 is 0 Å². The molecule has 2 rings (SSSR count). The Morgan fingerprint density at radius 1 is 1.05 bits per heavy atom. The third-order valence-corrected chi connectivity index (χ3v) is 3.57. The number of rotatable bonds is 3. The number of nitrogens with zero attached hydrogens (tertiary/aromatic N) is 1. The van der Waals surface area contributed by atoms with Crippen LogP contribution in [0.2, 0.25) is 0 Å². The number of anilines is 1. The van der Waals surface area contributed by atoms with Gasteiger partial charge in [-0.15, -0.1) is 0 Å². The van der Waals surface area contributed by atoms with Gasteiger partial charge < -0.3 is 10.2 Å². The van der Waals surface area contributed by atoms with Crippen molar-refractivity contribution in [1.82, 2.24) is 5.32 Å². The molecule has 1 aliphatic heterocycles. The molecule has 0 saturated carbocycles. The molecule has 2 nitrogen and oxygen atoms in total. The molecule has 1 aromatic carbocycles. The fraction of sp³-hybridized carbons (Fsp3) is 0.625. The quantitative estimate of drug-likeness (QED) is 0.906. The van der Waals surface area contributed by atoms with Crippen LogP contribution in [0.15, 0.2) is 12.1 Å². The van der Waals surface area contributed by atoms with Crippen LogP contribution in [0, 0.1) is 11.6 Å². The van der Waals surface area contributed by atoms with Crippen molar-refractivity contribution < 1.29 is 8.78 Å². The molecule has 0 bridgehead atoms. The lowest BCUT2D eigenvalue weighted by Crippen LogP contribution is -2.35. The molecule has 0 radical (unpaired) electrons. The molecule has 1 heterocycles. The van der Waals surface area contributed by atoms with Crippen molar-refractivity contribution in [3.05, 3.63) is 29.3 Å². The van der Waals surface area contributed by atoms with Gasteiger partial charge >= 0.3 is 0 Å². The maximum absolute atomic E-state index is 14.2. The van der Waals surface area contributed by atoms with Crippen LogP contribution in [0.25, 0.3) is 0 Å². The smallest absolute Gasteiger partial charge is 0.149 e. The molecule has 0 atom stereocenters. The van der Waals surface area contributed by atoms with E-state index in [1.54, 1.807) is 0 Å². The highest BCUT2D eigenvalue weighted by molar-refractivity contribution is 5.51. The summed E-state index contributed by atoms with van der Waals surface area (Å²) >= 11 is 0. The number of halogens is 2. The summed E-state index contributed by atoms with van der Waals surface area (Å²) in [5, 5.41) is 3.24. The summed E-state index contributed by atoms with van der Waals surface area (Å²) in [5.41, 5.74) is 0.721. The van der Waals surface area contributed by atoms with Crippen LogP contribution in [-0.4, -0.2) is 18.6 Å². The Hall–Kier alpha value is -1.16. The monoisotopic (exact) mass is 282 g/mol. The molecule has 1 saturated heterocycles. The van der Waals surface area contributed by atoms with E-state index in [1.165, 1.54) is 12.1 Å². The second-order valence-electron chi connectivity index (χ2n) is 6.56. The first-order chi connectivity index (χ1) is 9.37. The van der Waals surface area contributed by atoms with Crippen molar-refractivity contribution in [2.75, 3.05) is 18.0 Å². The zero-order chi connectivity index (χ0) is 14.8. The highest BCUT2D eigenvalue weighted by atomic mass is 19.1. The molecule has 0 aliphatic carbocycles. The van der Waals surface area contributed by atoms with Gasteiger partial charge in [0, 0.05) is 25.2 Å². The van der Waals surface area contributed by atoms with E-state index in [0.29, 0.717) is 12.1 Å². The van der Waals surface area contributed by atoms with E-state index < -0.39 is 11.6 Å². The Balaban J connectivity index is 2.15. The summed E-state index contributed by atoms with van der Waals surface area (Å²) < 4.78 is 28.4. The molecule has 20 heavy (non-hydrogen) atoms. The molecule has 0 spiro atoms. The second kappa shape index (κ2) is 6.08. The Morgan fingerprint density at radius 2 is 1.60 bits per heavy atom. The van der Waals surface area contributed by atoms with Crippen molar-refractivity contribution in [3.63, 3.8) is 0 Å². The number of piperidine rings is 1. The molecular formula is C16H24F2N2. The van der Waals surface area contributed by atoms with E-state index in [1.807, 2.05) is 25.7 Å². The Labute approximate surface area is 120 Å². The number of benzene rings is 1. The zero-order valence-electron chi connectivity index (χ0n) is 12.6. The molecule has 1 N–H and O–H groups in total. The van der Waals surface area contributed by atoms with Crippen LogP contribution < -0.4 is 10.2 Å². The normalized spacial score (nSPS) is 16.6. The Morgan fingerprint density at radius 3 is 2.10 bits per heavy atom. The van der Waals surface area contributed by atoms with Crippen LogP contribution in [0.4, 0.5) is 14.5 Å². The van der Waals surface area contributed by atoms with Crippen molar-refractivity contribution >= 4 is 5.69 Å². The van der Waals surface area contributed by atoms with Gasteiger partial charge in [-0.05, 0) is 57.7 Å². The minimum absolute atomic E-state index is 0.0709. The third-order valence-electron chi connectivity index (χ3n) is 3.57. The van der Waals surface area contributed by atoms with Crippen LogP contribution in [-0.2, 0) is 6.54 Å². The SMILES string of the molecule is CC(C)(C)NCc1cc(F)c(N2CCCCC2)c(F)c1. The highest BCUT2D eigenvalue weighted by Crippen LogP contribution is 2.27. The van der Waals surface area contributed by atoms with Crippen molar-refractivity contribution in [2.24, 2.45) is 0 Å². The largest absolute Gasteiger partial charge is 0.367 e. The lowest BCUT2D eigenvalue weighted by atomic mass is 10.1. The molecule has 1 aliphatic rings. The minimum atomic E-state index is -0.447. The first-order valence-corrected chi connectivity index (χ1v) is 7.35. The van der Waals surface area contributed by atoms with E-state index in [2.05, 4.69) is 5.32 Å². The Kier molecular flexibility index (Phi) is 4.63. The summed E-state index contributed by atoms with van der Waals surface area (Å²) in [5.74, 6) is -0.893. The van der Waals surface area contributed by atoms with Gasteiger partial charge in [-0.1, -0.05) is 0 Å². The van der Waals surface area contributed by atoms with Gasteiger partial charge in [0.1, 0.15) is 17.3 Å². The van der Waals surface area contributed by atoms with E-state index in [0.717, 1.165) is 32.4 Å². The zero-order valence-corrected chi connectivity index (χ0v) is 12.6. The molecule has 1 aromatic rings. The lowest BCUT2D eigenvalue weighted by Gasteiger charge is -2.29. The van der Waals surface area contributed by atoms with Gasteiger partial charge in [0.05, 0.1) is 0 Å². The Bertz CT molecular complexity index is 437. The summed E-state index contributed by atoms with van der Waals surface area (Å²) in [4.78, 5) is 1.83. The third kappa shape index (κ3) is 3.92. The molecule has 112 valence electrons. The van der Waals surface area contributed by atoms with Gasteiger partial charge in [-0.2, -0.15) is 0 Å². The van der Waals surface area contributed by atoms with E-state index in [-0.39, 0.29) is 11.2 Å². The molecule has 0 aromatic heterocycles. The average Bonchev–Trinajstić information content (AvgIpc) is 2.36. The topological polar surface area (TPSA) is 15.3 Å². The van der Waals surface area contributed by atoms with Crippen molar-refractivity contribution in [3.8, 4) is 0 Å². The predicted molar refractivity (Wildman–Crippen MR) is 79.0 cm³/mol. The number of nitrogens with one attached hydrogen (secondary N) is 1. The standard InChI is InChI=1S/C16H24F2N2/c1-16(2,3)19-11-12-9-13(17)15(14(18)10-12)20-7-5-4-6-8-20/h9-10,19H,4-8,11H2,1-3H3. The maximum Gasteiger partial charge on any atom is 0.149 e. The first-order valence-electron chi connectivity index (χ1n) is 7.35. The molecular weight excluding hydrogens is 258 g/mol. The molecule has 0 amide bonds. The fourth-order valence-electron chi connectivity index (χ4n) is 2.51. The molecule has 4 heteroatoms. The van der Waals surface area contributed by atoms with Crippen molar-refractivity contribution in [2.45, 2.75) is 52.1 Å². The lowest BCUT2D eigenvalue weighted by molar-refractivity contribution is 0.422. The van der Waals surface area contributed by atoms with Crippen LogP contribution in [0.3, 0.4) is 0 Å². The number of hydrogen-bond donors (Lipinski definition) is 1. The van der Waals surface area contributed by atoms with E-state index in [4.69, 9.17) is 0 Å². The fourth-order valence-corrected chi connectivity index (χ4v) is 2.51. The van der Waals surface area contributed by atoms with Gasteiger partial charge in [0.2, 0.25) is 0 Å². The summed E-state index contributed by atoms with van der Waals surface area (Å²) in [6.45, 7) is 8.05. The van der Waals surface area contributed by atoms with Crippen LogP contribution in [0.5, 0.6) is 0 Å². The summed E-state index contributed by atoms with van der Waals surface area (Å²) in [6, 6.07) is 2.90. The summed E-state index contributed by atoms with van der Waals surface area (Å²) in [6.07, 6.45) is 3.16. The molecule has 0 unspecified atom stereocenters. The predicted octanol–water partition coefficient (Wildman–Crippen LogP) is 3.84.